The molecule has 0 amide bonds. The van der Waals surface area contributed by atoms with Crippen LogP contribution >= 0.6 is 0 Å². The van der Waals surface area contributed by atoms with Crippen LogP contribution in [0.4, 0.5) is 0 Å². The second-order valence-corrected chi connectivity index (χ2v) is 7.95. The number of phenols is 1. The van der Waals surface area contributed by atoms with Crippen molar-refractivity contribution >= 4 is 11.9 Å². The van der Waals surface area contributed by atoms with Gasteiger partial charge < -0.3 is 33.5 Å². The Labute approximate surface area is 208 Å². The third-order valence-corrected chi connectivity index (χ3v) is 5.71. The molecule has 1 aliphatic rings. The van der Waals surface area contributed by atoms with Crippen molar-refractivity contribution in [1.82, 2.24) is 0 Å². The Kier molecular flexibility index (Phi) is 7.79. The van der Waals surface area contributed by atoms with Crippen molar-refractivity contribution in [3.05, 3.63) is 78.4 Å². The number of methoxy groups -OCH3 is 2. The number of hydrogen-bond acceptors (Lipinski definition) is 9. The quantitative estimate of drug-likeness (QED) is 0.332. The molecule has 0 saturated carbocycles. The Morgan fingerprint density at radius 3 is 2.14 bits per heavy atom. The Hall–Kier alpha value is -4.40. The number of cyclic esters (lactones) is 1. The number of aromatic hydroxyl groups is 1. The van der Waals surface area contributed by atoms with E-state index in [1.54, 1.807) is 48.5 Å². The first kappa shape index (κ1) is 24.7. The van der Waals surface area contributed by atoms with E-state index in [1.165, 1.54) is 38.5 Å². The van der Waals surface area contributed by atoms with Crippen LogP contribution in [0.1, 0.15) is 10.4 Å². The number of rotatable bonds is 10. The van der Waals surface area contributed by atoms with Crippen LogP contribution in [0.5, 0.6) is 28.7 Å². The first-order valence-corrected chi connectivity index (χ1v) is 11.2. The molecule has 0 aromatic heterocycles. The molecular formula is C27H26O9. The van der Waals surface area contributed by atoms with Crippen LogP contribution in [0.25, 0.3) is 0 Å². The Morgan fingerprint density at radius 1 is 0.917 bits per heavy atom. The van der Waals surface area contributed by atoms with Gasteiger partial charge in [-0.1, -0.05) is 24.3 Å². The fourth-order valence-corrected chi connectivity index (χ4v) is 3.77. The zero-order valence-electron chi connectivity index (χ0n) is 19.8. The first-order valence-electron chi connectivity index (χ1n) is 11.2. The van der Waals surface area contributed by atoms with E-state index in [0.29, 0.717) is 23.0 Å². The van der Waals surface area contributed by atoms with Gasteiger partial charge in [0.25, 0.3) is 6.29 Å². The van der Waals surface area contributed by atoms with E-state index in [9.17, 15) is 14.7 Å². The number of benzene rings is 3. The minimum absolute atomic E-state index is 0.0108. The highest BCUT2D eigenvalue weighted by molar-refractivity contribution is 5.89. The molecule has 188 valence electrons. The van der Waals surface area contributed by atoms with Crippen LogP contribution in [-0.2, 0) is 14.3 Å². The van der Waals surface area contributed by atoms with Gasteiger partial charge in [-0.05, 0) is 48.5 Å². The summed E-state index contributed by atoms with van der Waals surface area (Å²) in [6.45, 7) is -0.0894. The summed E-state index contributed by atoms with van der Waals surface area (Å²) in [5.41, 5.74) is 0.202. The van der Waals surface area contributed by atoms with Crippen molar-refractivity contribution < 1.29 is 43.1 Å². The number of para-hydroxylation sites is 4. The third-order valence-electron chi connectivity index (χ3n) is 5.71. The molecule has 36 heavy (non-hydrogen) atoms. The highest BCUT2D eigenvalue weighted by atomic mass is 16.7. The summed E-state index contributed by atoms with van der Waals surface area (Å²) in [7, 11) is 3.01. The summed E-state index contributed by atoms with van der Waals surface area (Å²) in [6, 6.07) is 19.5. The summed E-state index contributed by atoms with van der Waals surface area (Å²) in [6.07, 6.45) is -1.21. The lowest BCUT2D eigenvalue weighted by atomic mass is 9.95. The lowest BCUT2D eigenvalue weighted by Crippen LogP contribution is -2.39. The van der Waals surface area contributed by atoms with Gasteiger partial charge in [0.15, 0.2) is 23.0 Å². The van der Waals surface area contributed by atoms with Crippen LogP contribution in [-0.4, -0.2) is 50.8 Å². The predicted octanol–water partition coefficient (Wildman–Crippen LogP) is 3.84. The van der Waals surface area contributed by atoms with Gasteiger partial charge >= 0.3 is 11.9 Å². The highest BCUT2D eigenvalue weighted by Gasteiger charge is 2.46. The van der Waals surface area contributed by atoms with E-state index in [2.05, 4.69) is 0 Å². The van der Waals surface area contributed by atoms with E-state index in [0.717, 1.165) is 0 Å². The Morgan fingerprint density at radius 2 is 1.50 bits per heavy atom. The van der Waals surface area contributed by atoms with Crippen LogP contribution in [0.15, 0.2) is 72.8 Å². The lowest BCUT2D eigenvalue weighted by molar-refractivity contribution is -0.142. The average molecular weight is 494 g/mol. The molecule has 0 bridgehead atoms. The number of ether oxygens (including phenoxy) is 6. The Bertz CT molecular complexity index is 1190. The molecule has 1 fully saturated rings. The second kappa shape index (κ2) is 11.4. The number of carbonyl (C=O) groups excluding carboxylic acids is 2. The summed E-state index contributed by atoms with van der Waals surface area (Å²) in [4.78, 5) is 25.6. The molecule has 1 aliphatic heterocycles. The van der Waals surface area contributed by atoms with Crippen LogP contribution < -0.4 is 18.9 Å². The fraction of sp³-hybridized carbons (Fsp3) is 0.259. The third kappa shape index (κ3) is 5.63. The summed E-state index contributed by atoms with van der Waals surface area (Å²) in [5, 5.41) is 9.53. The van der Waals surface area contributed by atoms with E-state index >= 15 is 0 Å². The van der Waals surface area contributed by atoms with Crippen LogP contribution in [0.3, 0.4) is 0 Å². The van der Waals surface area contributed by atoms with Gasteiger partial charge in [-0.15, -0.1) is 0 Å². The molecule has 0 spiro atoms. The number of hydrogen-bond donors (Lipinski definition) is 1. The maximum atomic E-state index is 12.9. The van der Waals surface area contributed by atoms with E-state index < -0.39 is 30.1 Å². The molecule has 3 atom stereocenters. The summed E-state index contributed by atoms with van der Waals surface area (Å²) >= 11 is 0. The zero-order valence-corrected chi connectivity index (χ0v) is 19.8. The fourth-order valence-electron chi connectivity index (χ4n) is 3.77. The number of esters is 2. The maximum Gasteiger partial charge on any atom is 0.341 e. The SMILES string of the molecule is COc1ccccc1OCC1C(=O)OCC1C(OC(=O)c1ccc(O)cc1)Oc1ccccc1OC. The van der Waals surface area contributed by atoms with E-state index in [4.69, 9.17) is 28.4 Å². The first-order chi connectivity index (χ1) is 17.5. The normalized spacial score (nSPS) is 17.6. The maximum absolute atomic E-state index is 12.9. The van der Waals surface area contributed by atoms with Crippen molar-refractivity contribution in [3.63, 3.8) is 0 Å². The molecule has 9 heteroatoms. The monoisotopic (exact) mass is 494 g/mol. The van der Waals surface area contributed by atoms with Crippen LogP contribution in [0.2, 0.25) is 0 Å². The molecule has 3 aromatic carbocycles. The standard InChI is InChI=1S/C27H26O9/c1-31-21-7-3-5-9-23(21)33-15-19-20(16-34-26(19)30)27(35-24-10-6-4-8-22(24)32-2)36-25(29)17-11-13-18(28)14-12-17/h3-14,19-20,27-28H,15-16H2,1-2H3. The average Bonchev–Trinajstić information content (AvgIpc) is 3.27. The molecule has 9 nitrogen and oxygen atoms in total. The topological polar surface area (TPSA) is 110 Å². The minimum Gasteiger partial charge on any atom is -0.508 e. The van der Waals surface area contributed by atoms with Crippen molar-refractivity contribution in [1.29, 1.82) is 0 Å². The summed E-state index contributed by atoms with van der Waals surface area (Å²) < 4.78 is 33.7. The molecule has 0 aliphatic carbocycles. The van der Waals surface area contributed by atoms with Gasteiger partial charge in [0.05, 0.1) is 25.7 Å². The lowest BCUT2D eigenvalue weighted by Gasteiger charge is -2.27. The molecular weight excluding hydrogens is 468 g/mol. The van der Waals surface area contributed by atoms with Crippen molar-refractivity contribution in [3.8, 4) is 28.7 Å². The zero-order chi connectivity index (χ0) is 25.5. The molecule has 1 saturated heterocycles. The Balaban J connectivity index is 1.59. The number of phenolic OH excluding ortho intramolecular Hbond substituents is 1. The number of carbonyl (C=O) groups is 2. The largest absolute Gasteiger partial charge is 0.508 e. The second-order valence-electron chi connectivity index (χ2n) is 7.95. The van der Waals surface area contributed by atoms with Gasteiger partial charge in [0, 0.05) is 0 Å². The molecule has 3 aromatic rings. The van der Waals surface area contributed by atoms with E-state index in [1.807, 2.05) is 0 Å². The summed E-state index contributed by atoms with van der Waals surface area (Å²) in [5.74, 6) is -0.926. The van der Waals surface area contributed by atoms with Gasteiger partial charge in [-0.2, -0.15) is 0 Å². The molecule has 0 radical (unpaired) electrons. The van der Waals surface area contributed by atoms with Crippen molar-refractivity contribution in [2.75, 3.05) is 27.4 Å². The van der Waals surface area contributed by atoms with Gasteiger partial charge in [0.2, 0.25) is 0 Å². The van der Waals surface area contributed by atoms with Crippen molar-refractivity contribution in [2.45, 2.75) is 6.29 Å². The van der Waals surface area contributed by atoms with Crippen LogP contribution in [0, 0.1) is 11.8 Å². The predicted molar refractivity (Wildman–Crippen MR) is 127 cm³/mol. The smallest absolute Gasteiger partial charge is 0.341 e. The van der Waals surface area contributed by atoms with Crippen molar-refractivity contribution in [2.24, 2.45) is 11.8 Å². The molecule has 4 rings (SSSR count). The molecule has 1 heterocycles. The van der Waals surface area contributed by atoms with Gasteiger partial charge in [-0.3, -0.25) is 4.79 Å². The van der Waals surface area contributed by atoms with Gasteiger partial charge in [-0.25, -0.2) is 4.79 Å². The van der Waals surface area contributed by atoms with Gasteiger partial charge in [0.1, 0.15) is 24.9 Å². The minimum atomic E-state index is -1.21. The highest BCUT2D eigenvalue weighted by Crippen LogP contribution is 2.35. The molecule has 3 unspecified atom stereocenters. The van der Waals surface area contributed by atoms with E-state index in [-0.39, 0.29) is 24.5 Å². The molecule has 1 N–H and O–H groups in total.